The summed E-state index contributed by atoms with van der Waals surface area (Å²) in [5.74, 6) is 0. The fraction of sp³-hybridized carbons (Fsp3) is 0.467. The van der Waals surface area contributed by atoms with Crippen molar-refractivity contribution in [2.24, 2.45) is 0 Å². The van der Waals surface area contributed by atoms with E-state index in [1.807, 2.05) is 13.0 Å². The molecule has 0 atom stereocenters. The number of aromatic nitrogens is 2. The zero-order valence-corrected chi connectivity index (χ0v) is 13.5. The zero-order valence-electron chi connectivity index (χ0n) is 12.0. The van der Waals surface area contributed by atoms with Crippen molar-refractivity contribution < 1.29 is 4.74 Å². The average molecular weight is 324 g/mol. The van der Waals surface area contributed by atoms with E-state index in [1.54, 1.807) is 23.7 Å². The summed E-state index contributed by atoms with van der Waals surface area (Å²) < 4.78 is 6.71. The van der Waals surface area contributed by atoms with Gasteiger partial charge in [-0.15, -0.1) is 11.3 Å². The summed E-state index contributed by atoms with van der Waals surface area (Å²) in [7, 11) is 0. The third-order valence-electron chi connectivity index (χ3n) is 3.57. The van der Waals surface area contributed by atoms with E-state index < -0.39 is 0 Å². The third-order valence-corrected chi connectivity index (χ3v) is 4.79. The van der Waals surface area contributed by atoms with Gasteiger partial charge in [0.2, 0.25) is 0 Å². The normalized spacial score (nSPS) is 17.0. The maximum Gasteiger partial charge on any atom is 0.316 e. The van der Waals surface area contributed by atoms with Crippen molar-refractivity contribution in [2.75, 3.05) is 13.1 Å². The summed E-state index contributed by atoms with van der Waals surface area (Å²) in [4.78, 5) is 12.2. The Labute approximate surface area is 133 Å². The van der Waals surface area contributed by atoms with Crippen LogP contribution in [0.15, 0.2) is 24.5 Å². The monoisotopic (exact) mass is 323 g/mol. The lowest BCUT2D eigenvalue weighted by Gasteiger charge is -2.31. The number of rotatable bonds is 4. The quantitative estimate of drug-likeness (QED) is 0.862. The highest BCUT2D eigenvalue weighted by molar-refractivity contribution is 7.16. The molecule has 2 aromatic rings. The molecule has 4 nitrogen and oxygen atoms in total. The van der Waals surface area contributed by atoms with Crippen LogP contribution in [0.25, 0.3) is 0 Å². The van der Waals surface area contributed by atoms with Gasteiger partial charge < -0.3 is 4.74 Å². The van der Waals surface area contributed by atoms with Crippen LogP contribution >= 0.6 is 22.9 Å². The van der Waals surface area contributed by atoms with Gasteiger partial charge >= 0.3 is 6.01 Å². The van der Waals surface area contributed by atoms with Gasteiger partial charge in [0.25, 0.3) is 0 Å². The summed E-state index contributed by atoms with van der Waals surface area (Å²) in [6.45, 7) is 5.02. The summed E-state index contributed by atoms with van der Waals surface area (Å²) >= 11 is 7.63. The van der Waals surface area contributed by atoms with Crippen LogP contribution in [0.2, 0.25) is 4.34 Å². The van der Waals surface area contributed by atoms with Crippen LogP contribution in [0, 0.1) is 6.92 Å². The van der Waals surface area contributed by atoms with E-state index in [9.17, 15) is 0 Å². The van der Waals surface area contributed by atoms with E-state index in [1.165, 1.54) is 4.88 Å². The molecule has 1 saturated heterocycles. The molecule has 0 aliphatic carbocycles. The smallest absolute Gasteiger partial charge is 0.316 e. The Balaban J connectivity index is 1.47. The van der Waals surface area contributed by atoms with Gasteiger partial charge in [0.05, 0.1) is 4.34 Å². The van der Waals surface area contributed by atoms with Crippen LogP contribution in [0.4, 0.5) is 0 Å². The van der Waals surface area contributed by atoms with E-state index >= 15 is 0 Å². The predicted octanol–water partition coefficient (Wildman–Crippen LogP) is 3.54. The number of hydrogen-bond acceptors (Lipinski definition) is 5. The van der Waals surface area contributed by atoms with Crippen molar-refractivity contribution >= 4 is 22.9 Å². The van der Waals surface area contributed by atoms with Gasteiger partial charge in [-0.05, 0) is 37.5 Å². The molecule has 2 aromatic heterocycles. The van der Waals surface area contributed by atoms with E-state index in [-0.39, 0.29) is 6.10 Å². The molecule has 0 saturated carbocycles. The van der Waals surface area contributed by atoms with E-state index in [0.29, 0.717) is 6.01 Å². The van der Waals surface area contributed by atoms with Crippen molar-refractivity contribution in [3.05, 3.63) is 39.3 Å². The van der Waals surface area contributed by atoms with Crippen LogP contribution in [0.3, 0.4) is 0 Å². The highest BCUT2D eigenvalue weighted by atomic mass is 35.5. The number of piperidine rings is 1. The Morgan fingerprint density at radius 2 is 2.00 bits per heavy atom. The van der Waals surface area contributed by atoms with E-state index in [0.717, 1.165) is 42.4 Å². The van der Waals surface area contributed by atoms with Gasteiger partial charge in [0.15, 0.2) is 0 Å². The molecule has 0 spiro atoms. The molecule has 1 aliphatic heterocycles. The van der Waals surface area contributed by atoms with Crippen LogP contribution in [-0.2, 0) is 6.54 Å². The number of nitrogens with zero attached hydrogens (tertiary/aromatic N) is 3. The second-order valence-electron chi connectivity index (χ2n) is 5.34. The van der Waals surface area contributed by atoms with E-state index in [4.69, 9.17) is 16.3 Å². The number of halogens is 1. The van der Waals surface area contributed by atoms with Crippen molar-refractivity contribution in [1.29, 1.82) is 0 Å². The van der Waals surface area contributed by atoms with E-state index in [2.05, 4.69) is 20.9 Å². The number of ether oxygens (including phenoxy) is 1. The Morgan fingerprint density at radius 3 is 2.62 bits per heavy atom. The second-order valence-corrected chi connectivity index (χ2v) is 7.14. The van der Waals surface area contributed by atoms with Crippen molar-refractivity contribution in [3.8, 4) is 6.01 Å². The zero-order chi connectivity index (χ0) is 14.7. The number of aryl methyl sites for hydroxylation is 1. The molecule has 0 radical (unpaired) electrons. The van der Waals surface area contributed by atoms with Crippen LogP contribution in [0.5, 0.6) is 6.01 Å². The summed E-state index contributed by atoms with van der Waals surface area (Å²) in [6, 6.07) is 4.56. The molecule has 0 aromatic carbocycles. The SMILES string of the molecule is Cc1cnc(OC2CCN(Cc3ccc(Cl)s3)CC2)nc1. The molecule has 0 N–H and O–H groups in total. The molecule has 6 heteroatoms. The molecule has 1 fully saturated rings. The lowest BCUT2D eigenvalue weighted by atomic mass is 10.1. The minimum absolute atomic E-state index is 0.218. The average Bonchev–Trinajstić information content (AvgIpc) is 2.89. The Bertz CT molecular complexity index is 579. The Morgan fingerprint density at radius 1 is 1.29 bits per heavy atom. The molecule has 0 unspecified atom stereocenters. The van der Waals surface area contributed by atoms with Crippen LogP contribution in [0.1, 0.15) is 23.3 Å². The van der Waals surface area contributed by atoms with Gasteiger partial charge in [0, 0.05) is 36.9 Å². The van der Waals surface area contributed by atoms with Crippen molar-refractivity contribution in [2.45, 2.75) is 32.4 Å². The van der Waals surface area contributed by atoms with Crippen molar-refractivity contribution in [1.82, 2.24) is 14.9 Å². The minimum atomic E-state index is 0.218. The van der Waals surface area contributed by atoms with Gasteiger partial charge in [-0.3, -0.25) is 4.90 Å². The first-order valence-corrected chi connectivity index (χ1v) is 8.30. The highest BCUT2D eigenvalue weighted by Gasteiger charge is 2.21. The van der Waals surface area contributed by atoms with Gasteiger partial charge in [-0.25, -0.2) is 9.97 Å². The first-order valence-electron chi connectivity index (χ1n) is 7.11. The first-order chi connectivity index (χ1) is 10.2. The fourth-order valence-electron chi connectivity index (χ4n) is 2.43. The molecule has 112 valence electrons. The summed E-state index contributed by atoms with van der Waals surface area (Å²) in [5.41, 5.74) is 1.05. The van der Waals surface area contributed by atoms with Crippen LogP contribution in [-0.4, -0.2) is 34.1 Å². The largest absolute Gasteiger partial charge is 0.460 e. The Kier molecular flexibility index (Phi) is 4.73. The number of hydrogen-bond donors (Lipinski definition) is 0. The number of thiophene rings is 1. The standard InChI is InChI=1S/C15H18ClN3OS/c1-11-8-17-15(18-9-11)20-12-4-6-19(7-5-12)10-13-2-3-14(16)21-13/h2-3,8-9,12H,4-7,10H2,1H3. The summed E-state index contributed by atoms with van der Waals surface area (Å²) in [6.07, 6.45) is 5.82. The topological polar surface area (TPSA) is 38.2 Å². The molecule has 3 rings (SSSR count). The van der Waals surface area contributed by atoms with Gasteiger partial charge in [-0.1, -0.05) is 11.6 Å². The summed E-state index contributed by atoms with van der Waals surface area (Å²) in [5, 5.41) is 0. The maximum atomic E-state index is 5.97. The molecule has 21 heavy (non-hydrogen) atoms. The predicted molar refractivity (Wildman–Crippen MR) is 85.0 cm³/mol. The second kappa shape index (κ2) is 6.73. The fourth-order valence-corrected chi connectivity index (χ4v) is 3.56. The molecule has 3 heterocycles. The van der Waals surface area contributed by atoms with Crippen molar-refractivity contribution in [3.63, 3.8) is 0 Å². The molecule has 0 amide bonds. The lowest BCUT2D eigenvalue weighted by Crippen LogP contribution is -2.37. The molecule has 1 aliphatic rings. The number of likely N-dealkylation sites (tertiary alicyclic amines) is 1. The first kappa shape index (κ1) is 14.8. The van der Waals surface area contributed by atoms with Gasteiger partial charge in [0.1, 0.15) is 6.10 Å². The maximum absolute atomic E-state index is 5.97. The third kappa shape index (κ3) is 4.15. The van der Waals surface area contributed by atoms with Crippen LogP contribution < -0.4 is 4.74 Å². The highest BCUT2D eigenvalue weighted by Crippen LogP contribution is 2.24. The molecular formula is C15H18ClN3OS. The molecular weight excluding hydrogens is 306 g/mol. The lowest BCUT2D eigenvalue weighted by molar-refractivity contribution is 0.0897. The minimum Gasteiger partial charge on any atom is -0.460 e. The van der Waals surface area contributed by atoms with Gasteiger partial charge in [-0.2, -0.15) is 0 Å². The Hall–Kier alpha value is -1.17. The molecule has 0 bridgehead atoms.